The van der Waals surface area contributed by atoms with Crippen LogP contribution in [0.2, 0.25) is 0 Å². The smallest absolute Gasteiger partial charge is 0.0605 e. The monoisotopic (exact) mass is 362 g/mol. The van der Waals surface area contributed by atoms with Crippen LogP contribution < -0.4 is 0 Å². The van der Waals surface area contributed by atoms with E-state index in [1.165, 1.54) is 33.2 Å². The van der Waals surface area contributed by atoms with Crippen molar-refractivity contribution in [2.75, 3.05) is 13.2 Å². The van der Waals surface area contributed by atoms with Gasteiger partial charge in [-0.2, -0.15) is 0 Å². The van der Waals surface area contributed by atoms with Crippen molar-refractivity contribution in [3.05, 3.63) is 70.9 Å². The minimum absolute atomic E-state index is 0.364. The standard InChI is InChI=1S/C24H30N2O/c1-4-27-20-11-13-26(23(15-20)19-8-6-5-7-9-19)16-22-17(2)14-18(3)24-21(22)10-12-25-24/h5-10,12,14,20,23,25H,4,11,13,15-16H2,1-3H3/t20-,23-/m0/s1. The van der Waals surface area contributed by atoms with E-state index in [2.05, 4.69) is 79.3 Å². The van der Waals surface area contributed by atoms with Crippen LogP contribution in [0.25, 0.3) is 10.9 Å². The summed E-state index contributed by atoms with van der Waals surface area (Å²) in [7, 11) is 0. The number of ether oxygens (including phenoxy) is 1. The lowest BCUT2D eigenvalue weighted by atomic mass is 9.91. The van der Waals surface area contributed by atoms with Gasteiger partial charge in [0.15, 0.2) is 0 Å². The van der Waals surface area contributed by atoms with E-state index in [1.54, 1.807) is 0 Å². The number of hydrogen-bond acceptors (Lipinski definition) is 2. The molecule has 1 aliphatic rings. The second-order valence-electron chi connectivity index (χ2n) is 7.75. The fourth-order valence-electron chi connectivity index (χ4n) is 4.64. The van der Waals surface area contributed by atoms with E-state index in [4.69, 9.17) is 4.74 Å². The van der Waals surface area contributed by atoms with E-state index in [9.17, 15) is 0 Å². The Balaban J connectivity index is 1.67. The fourth-order valence-corrected chi connectivity index (χ4v) is 4.64. The lowest BCUT2D eigenvalue weighted by Gasteiger charge is -2.40. The summed E-state index contributed by atoms with van der Waals surface area (Å²) in [5.74, 6) is 0. The number of nitrogens with one attached hydrogen (secondary N) is 1. The molecule has 3 aromatic rings. The number of likely N-dealkylation sites (tertiary alicyclic amines) is 1. The molecule has 0 aliphatic carbocycles. The van der Waals surface area contributed by atoms with Crippen molar-refractivity contribution in [1.29, 1.82) is 0 Å². The highest BCUT2D eigenvalue weighted by molar-refractivity contribution is 5.86. The molecule has 0 saturated carbocycles. The van der Waals surface area contributed by atoms with E-state index in [0.717, 1.165) is 32.5 Å². The molecule has 2 aromatic carbocycles. The van der Waals surface area contributed by atoms with Crippen molar-refractivity contribution in [3.63, 3.8) is 0 Å². The van der Waals surface area contributed by atoms with Crippen molar-refractivity contribution >= 4 is 10.9 Å². The van der Waals surface area contributed by atoms with Crippen LogP contribution in [0.5, 0.6) is 0 Å². The Morgan fingerprint density at radius 3 is 2.70 bits per heavy atom. The highest BCUT2D eigenvalue weighted by Crippen LogP contribution is 2.35. The first kappa shape index (κ1) is 18.3. The molecule has 1 aromatic heterocycles. The average molecular weight is 363 g/mol. The van der Waals surface area contributed by atoms with Crippen LogP contribution in [-0.2, 0) is 11.3 Å². The minimum Gasteiger partial charge on any atom is -0.378 e. The Hall–Kier alpha value is -2.10. The number of fused-ring (bicyclic) bond motifs is 1. The molecule has 0 radical (unpaired) electrons. The highest BCUT2D eigenvalue weighted by atomic mass is 16.5. The first-order chi connectivity index (χ1) is 13.2. The van der Waals surface area contributed by atoms with Gasteiger partial charge in [-0.3, -0.25) is 4.90 Å². The molecule has 1 fully saturated rings. The van der Waals surface area contributed by atoms with Crippen molar-refractivity contribution in [3.8, 4) is 0 Å². The van der Waals surface area contributed by atoms with E-state index in [0.29, 0.717) is 12.1 Å². The Bertz CT molecular complexity index is 899. The Labute approximate surface area is 162 Å². The molecule has 27 heavy (non-hydrogen) atoms. The Morgan fingerprint density at radius 1 is 1.11 bits per heavy atom. The predicted octanol–water partition coefficient (Wildman–Crippen LogP) is 5.53. The van der Waals surface area contributed by atoms with Gasteiger partial charge in [-0.15, -0.1) is 0 Å². The molecular weight excluding hydrogens is 332 g/mol. The van der Waals surface area contributed by atoms with Gasteiger partial charge in [-0.1, -0.05) is 36.4 Å². The maximum absolute atomic E-state index is 6.00. The fraction of sp³-hybridized carbons (Fsp3) is 0.417. The van der Waals surface area contributed by atoms with Gasteiger partial charge in [0, 0.05) is 42.8 Å². The third-order valence-electron chi connectivity index (χ3n) is 5.99. The van der Waals surface area contributed by atoms with Crippen LogP contribution in [-0.4, -0.2) is 29.1 Å². The number of piperidine rings is 1. The van der Waals surface area contributed by atoms with Gasteiger partial charge >= 0.3 is 0 Å². The van der Waals surface area contributed by atoms with Gasteiger partial charge < -0.3 is 9.72 Å². The SMILES string of the molecule is CCO[C@H]1CCN(Cc2c(C)cc(C)c3[nH]ccc23)[C@H](c2ccccc2)C1. The molecule has 2 atom stereocenters. The van der Waals surface area contributed by atoms with Crippen LogP contribution in [0.1, 0.15) is 48.1 Å². The summed E-state index contributed by atoms with van der Waals surface area (Å²) in [5.41, 5.74) is 6.84. The molecule has 0 unspecified atom stereocenters. The number of H-pyrrole nitrogens is 1. The minimum atomic E-state index is 0.364. The van der Waals surface area contributed by atoms with E-state index >= 15 is 0 Å². The molecule has 1 aliphatic heterocycles. The Morgan fingerprint density at radius 2 is 1.93 bits per heavy atom. The average Bonchev–Trinajstić information content (AvgIpc) is 3.17. The largest absolute Gasteiger partial charge is 0.378 e. The van der Waals surface area contributed by atoms with E-state index < -0.39 is 0 Å². The number of aromatic amines is 1. The molecule has 0 amide bonds. The van der Waals surface area contributed by atoms with Crippen molar-refractivity contribution < 1.29 is 4.74 Å². The third kappa shape index (κ3) is 3.67. The number of nitrogens with zero attached hydrogens (tertiary/aromatic N) is 1. The maximum Gasteiger partial charge on any atom is 0.0605 e. The van der Waals surface area contributed by atoms with Crippen molar-refractivity contribution in [1.82, 2.24) is 9.88 Å². The van der Waals surface area contributed by atoms with E-state index in [1.807, 2.05) is 0 Å². The van der Waals surface area contributed by atoms with Gasteiger partial charge in [0.05, 0.1) is 6.10 Å². The molecule has 3 nitrogen and oxygen atoms in total. The summed E-state index contributed by atoms with van der Waals surface area (Å²) in [4.78, 5) is 6.07. The zero-order chi connectivity index (χ0) is 18.8. The number of rotatable bonds is 5. The van der Waals surface area contributed by atoms with Gasteiger partial charge in [0.1, 0.15) is 0 Å². The third-order valence-corrected chi connectivity index (χ3v) is 5.99. The number of benzene rings is 2. The quantitative estimate of drug-likeness (QED) is 0.646. The summed E-state index contributed by atoms with van der Waals surface area (Å²) in [6.45, 7) is 9.40. The van der Waals surface area contributed by atoms with Gasteiger partial charge in [0.25, 0.3) is 0 Å². The zero-order valence-electron chi connectivity index (χ0n) is 16.7. The molecule has 2 heterocycles. The first-order valence-corrected chi connectivity index (χ1v) is 10.1. The summed E-state index contributed by atoms with van der Waals surface area (Å²) < 4.78 is 6.00. The summed E-state index contributed by atoms with van der Waals surface area (Å²) in [6.07, 6.45) is 4.61. The molecule has 3 heteroatoms. The molecule has 4 rings (SSSR count). The van der Waals surface area contributed by atoms with Crippen LogP contribution in [0, 0.1) is 13.8 Å². The maximum atomic E-state index is 6.00. The van der Waals surface area contributed by atoms with Crippen LogP contribution in [0.4, 0.5) is 0 Å². The van der Waals surface area contributed by atoms with Crippen molar-refractivity contribution in [2.24, 2.45) is 0 Å². The highest BCUT2D eigenvalue weighted by Gasteiger charge is 2.30. The summed E-state index contributed by atoms with van der Waals surface area (Å²) >= 11 is 0. The second-order valence-corrected chi connectivity index (χ2v) is 7.75. The number of hydrogen-bond donors (Lipinski definition) is 1. The van der Waals surface area contributed by atoms with Gasteiger partial charge in [0.2, 0.25) is 0 Å². The topological polar surface area (TPSA) is 28.3 Å². The second kappa shape index (κ2) is 7.87. The number of aryl methyl sites for hydroxylation is 2. The van der Waals surface area contributed by atoms with Crippen LogP contribution in [0.15, 0.2) is 48.7 Å². The van der Waals surface area contributed by atoms with Crippen LogP contribution >= 0.6 is 0 Å². The lowest BCUT2D eigenvalue weighted by Crippen LogP contribution is -2.39. The normalized spacial score (nSPS) is 21.0. The lowest BCUT2D eigenvalue weighted by molar-refractivity contribution is -0.0137. The molecule has 0 spiro atoms. The first-order valence-electron chi connectivity index (χ1n) is 10.1. The Kier molecular flexibility index (Phi) is 5.33. The predicted molar refractivity (Wildman–Crippen MR) is 112 cm³/mol. The van der Waals surface area contributed by atoms with Crippen LogP contribution in [0.3, 0.4) is 0 Å². The van der Waals surface area contributed by atoms with Gasteiger partial charge in [-0.25, -0.2) is 0 Å². The molecule has 142 valence electrons. The summed E-state index contributed by atoms with van der Waals surface area (Å²) in [5, 5.41) is 1.37. The number of aromatic nitrogens is 1. The molecule has 1 N–H and O–H groups in total. The molecule has 1 saturated heterocycles. The molecular formula is C24H30N2O. The zero-order valence-corrected chi connectivity index (χ0v) is 16.7. The van der Waals surface area contributed by atoms with E-state index in [-0.39, 0.29) is 0 Å². The summed E-state index contributed by atoms with van der Waals surface area (Å²) in [6, 6.07) is 15.9. The van der Waals surface area contributed by atoms with Gasteiger partial charge in [-0.05, 0) is 61.9 Å². The van der Waals surface area contributed by atoms with Crippen molar-refractivity contribution in [2.45, 2.75) is 52.3 Å². The molecule has 0 bridgehead atoms.